The lowest BCUT2D eigenvalue weighted by atomic mass is 9.79. The molecule has 0 saturated carbocycles. The van der Waals surface area contributed by atoms with Crippen molar-refractivity contribution >= 4 is 0 Å². The van der Waals surface area contributed by atoms with Gasteiger partial charge in [0, 0.05) is 18.8 Å². The molecule has 1 aliphatic carbocycles. The molecule has 1 unspecified atom stereocenters. The van der Waals surface area contributed by atoms with Crippen molar-refractivity contribution < 1.29 is 18.3 Å². The van der Waals surface area contributed by atoms with E-state index in [9.17, 15) is 13.2 Å². The summed E-state index contributed by atoms with van der Waals surface area (Å²) in [5.74, 6) is 0. The standard InChI is InChI=1S/C11H16F3NO/c1-10(11(12,13)14)6-3-2-5-9(10)15-7-4-8-16/h2-3,5,15-16H,4,6-8H2,1H3. The highest BCUT2D eigenvalue weighted by atomic mass is 19.4. The van der Waals surface area contributed by atoms with Gasteiger partial charge in [0.1, 0.15) is 5.41 Å². The average molecular weight is 235 g/mol. The van der Waals surface area contributed by atoms with Crippen LogP contribution in [0, 0.1) is 5.41 Å². The summed E-state index contributed by atoms with van der Waals surface area (Å²) in [4.78, 5) is 0. The zero-order valence-corrected chi connectivity index (χ0v) is 9.14. The molecular weight excluding hydrogens is 219 g/mol. The number of hydrogen-bond donors (Lipinski definition) is 2. The third kappa shape index (κ3) is 2.58. The summed E-state index contributed by atoms with van der Waals surface area (Å²) < 4.78 is 38.8. The van der Waals surface area contributed by atoms with Gasteiger partial charge < -0.3 is 10.4 Å². The number of alkyl halides is 3. The lowest BCUT2D eigenvalue weighted by molar-refractivity contribution is -0.204. The van der Waals surface area contributed by atoms with Crippen LogP contribution in [0.25, 0.3) is 0 Å². The summed E-state index contributed by atoms with van der Waals surface area (Å²) >= 11 is 0. The predicted molar refractivity (Wildman–Crippen MR) is 55.7 cm³/mol. The Hall–Kier alpha value is -0.970. The predicted octanol–water partition coefficient (Wildman–Crippen LogP) is 2.37. The maximum atomic E-state index is 12.9. The van der Waals surface area contributed by atoms with Gasteiger partial charge in [0.05, 0.1) is 0 Å². The molecule has 92 valence electrons. The number of aliphatic hydroxyl groups is 1. The van der Waals surface area contributed by atoms with E-state index in [1.807, 2.05) is 0 Å². The normalized spacial score (nSPS) is 25.4. The molecule has 1 aliphatic rings. The van der Waals surface area contributed by atoms with Crippen LogP contribution in [0.1, 0.15) is 19.8 Å². The van der Waals surface area contributed by atoms with Crippen LogP contribution in [0.3, 0.4) is 0 Å². The van der Waals surface area contributed by atoms with E-state index in [2.05, 4.69) is 5.32 Å². The van der Waals surface area contributed by atoms with E-state index >= 15 is 0 Å². The van der Waals surface area contributed by atoms with E-state index in [-0.39, 0.29) is 18.7 Å². The summed E-state index contributed by atoms with van der Waals surface area (Å²) in [6, 6.07) is 0. The molecule has 0 aromatic heterocycles. The van der Waals surface area contributed by atoms with E-state index < -0.39 is 11.6 Å². The van der Waals surface area contributed by atoms with Crippen molar-refractivity contribution in [2.75, 3.05) is 13.2 Å². The molecule has 1 rings (SSSR count). The zero-order valence-electron chi connectivity index (χ0n) is 9.14. The molecule has 0 aromatic carbocycles. The van der Waals surface area contributed by atoms with Crippen molar-refractivity contribution in [3.63, 3.8) is 0 Å². The lowest BCUT2D eigenvalue weighted by Crippen LogP contribution is -2.42. The number of allylic oxidation sites excluding steroid dienone is 4. The van der Waals surface area contributed by atoms with Crippen LogP contribution in [0.4, 0.5) is 13.2 Å². The number of rotatable bonds is 4. The largest absolute Gasteiger partial charge is 0.399 e. The molecule has 0 heterocycles. The third-order valence-corrected chi connectivity index (χ3v) is 2.80. The number of aliphatic hydroxyl groups excluding tert-OH is 1. The first kappa shape index (κ1) is 13.1. The Labute approximate surface area is 92.8 Å². The van der Waals surface area contributed by atoms with Crippen molar-refractivity contribution in [3.05, 3.63) is 23.9 Å². The van der Waals surface area contributed by atoms with Gasteiger partial charge in [0.2, 0.25) is 0 Å². The molecule has 16 heavy (non-hydrogen) atoms. The zero-order chi connectivity index (χ0) is 12.2. The van der Waals surface area contributed by atoms with Gasteiger partial charge in [0.25, 0.3) is 0 Å². The fourth-order valence-corrected chi connectivity index (χ4v) is 1.59. The summed E-state index contributed by atoms with van der Waals surface area (Å²) in [6.45, 7) is 1.51. The first-order chi connectivity index (χ1) is 7.42. The molecule has 2 N–H and O–H groups in total. The summed E-state index contributed by atoms with van der Waals surface area (Å²) in [5, 5.41) is 11.3. The Kier molecular flexibility index (Phi) is 4.02. The molecule has 5 heteroatoms. The Morgan fingerprint density at radius 2 is 2.19 bits per heavy atom. The molecule has 0 aliphatic heterocycles. The quantitative estimate of drug-likeness (QED) is 0.733. The highest BCUT2D eigenvalue weighted by Gasteiger charge is 2.53. The molecule has 0 bridgehead atoms. The van der Waals surface area contributed by atoms with Crippen molar-refractivity contribution in [2.24, 2.45) is 5.41 Å². The van der Waals surface area contributed by atoms with Gasteiger partial charge in [-0.15, -0.1) is 0 Å². The minimum Gasteiger partial charge on any atom is -0.396 e. The molecule has 2 nitrogen and oxygen atoms in total. The van der Waals surface area contributed by atoms with E-state index in [1.54, 1.807) is 6.08 Å². The van der Waals surface area contributed by atoms with E-state index in [0.717, 1.165) is 0 Å². The van der Waals surface area contributed by atoms with Crippen LogP contribution in [0.5, 0.6) is 0 Å². The molecule has 0 fully saturated rings. The highest BCUT2D eigenvalue weighted by molar-refractivity contribution is 5.26. The topological polar surface area (TPSA) is 32.3 Å². The van der Waals surface area contributed by atoms with Gasteiger partial charge in [-0.25, -0.2) is 0 Å². The van der Waals surface area contributed by atoms with Gasteiger partial charge >= 0.3 is 6.18 Å². The number of halogens is 3. The molecule has 0 saturated heterocycles. The Bertz CT molecular complexity index is 296. The Morgan fingerprint density at radius 3 is 2.75 bits per heavy atom. The maximum absolute atomic E-state index is 12.9. The minimum atomic E-state index is -4.27. The first-order valence-electron chi connectivity index (χ1n) is 5.20. The van der Waals surface area contributed by atoms with Crippen LogP contribution in [-0.4, -0.2) is 24.4 Å². The van der Waals surface area contributed by atoms with Gasteiger partial charge in [-0.3, -0.25) is 0 Å². The molecule has 0 spiro atoms. The number of nitrogens with one attached hydrogen (secondary N) is 1. The smallest absolute Gasteiger partial charge is 0.396 e. The monoisotopic (exact) mass is 235 g/mol. The van der Waals surface area contributed by atoms with Gasteiger partial charge in [-0.1, -0.05) is 12.2 Å². The van der Waals surface area contributed by atoms with Gasteiger partial charge in [-0.05, 0) is 25.8 Å². The average Bonchev–Trinajstić information content (AvgIpc) is 2.19. The molecular formula is C11H16F3NO. The Balaban J connectivity index is 2.77. The highest BCUT2D eigenvalue weighted by Crippen LogP contribution is 2.47. The molecule has 0 radical (unpaired) electrons. The van der Waals surface area contributed by atoms with Crippen molar-refractivity contribution in [3.8, 4) is 0 Å². The van der Waals surface area contributed by atoms with Crippen molar-refractivity contribution in [1.82, 2.24) is 5.32 Å². The molecule has 0 aromatic rings. The van der Waals surface area contributed by atoms with E-state index in [0.29, 0.717) is 13.0 Å². The fourth-order valence-electron chi connectivity index (χ4n) is 1.59. The first-order valence-corrected chi connectivity index (χ1v) is 5.20. The van der Waals surface area contributed by atoms with Gasteiger partial charge in [-0.2, -0.15) is 13.2 Å². The second-order valence-corrected chi connectivity index (χ2v) is 4.05. The summed E-state index contributed by atoms with van der Waals surface area (Å²) in [5.41, 5.74) is -1.66. The van der Waals surface area contributed by atoms with Crippen molar-refractivity contribution in [2.45, 2.75) is 25.9 Å². The number of hydrogen-bond acceptors (Lipinski definition) is 2. The van der Waals surface area contributed by atoms with Crippen LogP contribution < -0.4 is 5.32 Å². The SMILES string of the molecule is CC1(C(F)(F)F)CC=CC=C1NCCCO. The van der Waals surface area contributed by atoms with Crippen molar-refractivity contribution in [1.29, 1.82) is 0 Å². The maximum Gasteiger partial charge on any atom is 0.399 e. The lowest BCUT2D eigenvalue weighted by Gasteiger charge is -2.35. The van der Waals surface area contributed by atoms with E-state index in [1.165, 1.54) is 19.1 Å². The van der Waals surface area contributed by atoms with Gasteiger partial charge in [0.15, 0.2) is 0 Å². The van der Waals surface area contributed by atoms with Crippen LogP contribution in [0.2, 0.25) is 0 Å². The fraction of sp³-hybridized carbons (Fsp3) is 0.636. The van der Waals surface area contributed by atoms with Crippen LogP contribution in [0.15, 0.2) is 23.9 Å². The Morgan fingerprint density at radius 1 is 1.50 bits per heavy atom. The second-order valence-electron chi connectivity index (χ2n) is 4.05. The summed E-state index contributed by atoms with van der Waals surface area (Å²) in [6.07, 6.45) is 0.715. The molecule has 0 amide bonds. The third-order valence-electron chi connectivity index (χ3n) is 2.80. The van der Waals surface area contributed by atoms with Crippen LogP contribution in [-0.2, 0) is 0 Å². The van der Waals surface area contributed by atoms with Crippen LogP contribution >= 0.6 is 0 Å². The van der Waals surface area contributed by atoms with E-state index in [4.69, 9.17) is 5.11 Å². The summed E-state index contributed by atoms with van der Waals surface area (Å²) in [7, 11) is 0. The second kappa shape index (κ2) is 4.91. The minimum absolute atomic E-state index is 0.0289. The molecule has 1 atom stereocenters.